The van der Waals surface area contributed by atoms with Gasteiger partial charge in [-0.25, -0.2) is 0 Å². The number of hydrogen-bond acceptors (Lipinski definition) is 3. The normalized spacial score (nSPS) is 19.7. The van der Waals surface area contributed by atoms with Crippen LogP contribution in [0.25, 0.3) is 0 Å². The molecule has 6 heteroatoms. The van der Waals surface area contributed by atoms with Crippen molar-refractivity contribution in [2.24, 2.45) is 4.99 Å². The van der Waals surface area contributed by atoms with Gasteiger partial charge in [-0.15, -0.1) is 0 Å². The number of rotatable bonds is 5. The van der Waals surface area contributed by atoms with Crippen LogP contribution in [0.3, 0.4) is 0 Å². The molecule has 2 aliphatic rings. The highest BCUT2D eigenvalue weighted by Crippen LogP contribution is 2.27. The zero-order valence-electron chi connectivity index (χ0n) is 13.1. The molecule has 1 aromatic rings. The van der Waals surface area contributed by atoms with E-state index in [1.54, 1.807) is 6.26 Å². The topological polar surface area (TPSA) is 61.1 Å². The first-order chi connectivity index (χ1) is 10.8. The van der Waals surface area contributed by atoms with Crippen molar-refractivity contribution in [1.29, 1.82) is 0 Å². The lowest BCUT2D eigenvalue weighted by Crippen LogP contribution is -2.55. The van der Waals surface area contributed by atoms with E-state index in [9.17, 15) is 4.79 Å². The van der Waals surface area contributed by atoms with E-state index < -0.39 is 0 Å². The molecule has 1 saturated carbocycles. The Balaban J connectivity index is 1.56. The molecule has 2 heterocycles. The van der Waals surface area contributed by atoms with Crippen molar-refractivity contribution in [3.63, 3.8) is 0 Å². The predicted octanol–water partition coefficient (Wildman–Crippen LogP) is 1.09. The van der Waals surface area contributed by atoms with Gasteiger partial charge in [0.2, 0.25) is 5.91 Å². The summed E-state index contributed by atoms with van der Waals surface area (Å²) in [5.74, 6) is 2.00. The third-order valence-corrected chi connectivity index (χ3v) is 4.08. The molecule has 3 rings (SSSR count). The molecule has 1 saturated heterocycles. The van der Waals surface area contributed by atoms with Crippen LogP contribution in [0.15, 0.2) is 27.8 Å². The molecule has 1 amide bonds. The first-order valence-electron chi connectivity index (χ1n) is 8.13. The van der Waals surface area contributed by atoms with Gasteiger partial charge in [-0.2, -0.15) is 0 Å². The van der Waals surface area contributed by atoms with Gasteiger partial charge in [0.15, 0.2) is 5.96 Å². The maximum Gasteiger partial charge on any atom is 0.242 e. The van der Waals surface area contributed by atoms with Gasteiger partial charge in [-0.05, 0) is 31.9 Å². The maximum atomic E-state index is 12.2. The Morgan fingerprint density at radius 3 is 2.95 bits per heavy atom. The van der Waals surface area contributed by atoms with Crippen molar-refractivity contribution >= 4 is 11.9 Å². The van der Waals surface area contributed by atoms with Crippen LogP contribution in [0.5, 0.6) is 0 Å². The van der Waals surface area contributed by atoms with Crippen LogP contribution in [0.4, 0.5) is 0 Å². The van der Waals surface area contributed by atoms with Gasteiger partial charge >= 0.3 is 0 Å². The quantitative estimate of drug-likeness (QED) is 0.653. The number of nitrogens with zero attached hydrogens (tertiary/aromatic N) is 3. The number of guanidine groups is 1. The van der Waals surface area contributed by atoms with Crippen LogP contribution in [0.2, 0.25) is 0 Å². The summed E-state index contributed by atoms with van der Waals surface area (Å²) in [4.78, 5) is 21.0. The first-order valence-corrected chi connectivity index (χ1v) is 8.13. The van der Waals surface area contributed by atoms with Gasteiger partial charge < -0.3 is 19.5 Å². The van der Waals surface area contributed by atoms with E-state index in [0.29, 0.717) is 19.1 Å². The second-order valence-corrected chi connectivity index (χ2v) is 5.80. The molecule has 0 atom stereocenters. The van der Waals surface area contributed by atoms with Crippen LogP contribution in [0, 0.1) is 0 Å². The molecule has 0 aromatic carbocycles. The van der Waals surface area contributed by atoms with E-state index in [2.05, 4.69) is 15.2 Å². The van der Waals surface area contributed by atoms with E-state index in [0.717, 1.165) is 37.8 Å². The number of hydrogen-bond donors (Lipinski definition) is 1. The van der Waals surface area contributed by atoms with Crippen molar-refractivity contribution < 1.29 is 9.21 Å². The Hall–Kier alpha value is -1.98. The molecule has 22 heavy (non-hydrogen) atoms. The fourth-order valence-electron chi connectivity index (χ4n) is 2.79. The fourth-order valence-corrected chi connectivity index (χ4v) is 2.79. The Morgan fingerprint density at radius 2 is 2.32 bits per heavy atom. The van der Waals surface area contributed by atoms with E-state index in [1.165, 1.54) is 12.8 Å². The monoisotopic (exact) mass is 304 g/mol. The molecular formula is C16H24N4O2. The Kier molecular flexibility index (Phi) is 4.65. The van der Waals surface area contributed by atoms with Crippen LogP contribution in [-0.2, 0) is 11.2 Å². The molecule has 2 fully saturated rings. The number of amides is 1. The van der Waals surface area contributed by atoms with Crippen LogP contribution >= 0.6 is 0 Å². The van der Waals surface area contributed by atoms with Crippen molar-refractivity contribution in [3.8, 4) is 0 Å². The summed E-state index contributed by atoms with van der Waals surface area (Å²) in [6.07, 6.45) is 4.80. The lowest BCUT2D eigenvalue weighted by molar-refractivity contribution is -0.135. The number of carbonyl (C=O) groups is 1. The SMILES string of the molecule is CCNC(=NCCc1ccco1)N1CCN(C2CC2)C(=O)C1. The molecule has 0 spiro atoms. The number of nitrogens with one attached hydrogen (secondary N) is 1. The Bertz CT molecular complexity index is 522. The molecule has 1 N–H and O–H groups in total. The number of furan rings is 1. The molecule has 0 unspecified atom stereocenters. The average Bonchev–Trinajstić information content (AvgIpc) is 3.22. The van der Waals surface area contributed by atoms with E-state index in [-0.39, 0.29) is 5.91 Å². The summed E-state index contributed by atoms with van der Waals surface area (Å²) in [5.41, 5.74) is 0. The third kappa shape index (κ3) is 3.61. The number of carbonyl (C=O) groups excluding carboxylic acids is 1. The molecule has 6 nitrogen and oxygen atoms in total. The number of aliphatic imine (C=N–C) groups is 1. The Morgan fingerprint density at radius 1 is 1.45 bits per heavy atom. The van der Waals surface area contributed by atoms with Gasteiger partial charge in [0.25, 0.3) is 0 Å². The maximum absolute atomic E-state index is 12.2. The van der Waals surface area contributed by atoms with E-state index in [1.807, 2.05) is 24.0 Å². The minimum absolute atomic E-state index is 0.227. The zero-order valence-corrected chi connectivity index (χ0v) is 13.1. The zero-order chi connectivity index (χ0) is 15.4. The second kappa shape index (κ2) is 6.85. The summed E-state index contributed by atoms with van der Waals surface area (Å²) >= 11 is 0. The highest BCUT2D eigenvalue weighted by atomic mass is 16.3. The van der Waals surface area contributed by atoms with Gasteiger partial charge in [-0.3, -0.25) is 9.79 Å². The molecule has 1 aliphatic carbocycles. The Labute approximate surface area is 131 Å². The standard InChI is InChI=1S/C16H24N4O2/c1-2-17-16(18-8-7-14-4-3-11-22-14)19-9-10-20(13-5-6-13)15(21)12-19/h3-4,11,13H,2,5-10,12H2,1H3,(H,17,18). The lowest BCUT2D eigenvalue weighted by atomic mass is 10.3. The molecular weight excluding hydrogens is 280 g/mol. The van der Waals surface area contributed by atoms with Crippen LogP contribution in [-0.4, -0.2) is 60.4 Å². The average molecular weight is 304 g/mol. The van der Waals surface area contributed by atoms with Gasteiger partial charge in [0.1, 0.15) is 5.76 Å². The molecule has 1 aromatic heterocycles. The summed E-state index contributed by atoms with van der Waals surface area (Å²) < 4.78 is 5.32. The largest absolute Gasteiger partial charge is 0.469 e. The molecule has 1 aliphatic heterocycles. The second-order valence-electron chi connectivity index (χ2n) is 5.80. The minimum Gasteiger partial charge on any atom is -0.469 e. The molecule has 0 bridgehead atoms. The van der Waals surface area contributed by atoms with Crippen molar-refractivity contribution in [2.75, 3.05) is 32.7 Å². The summed E-state index contributed by atoms with van der Waals surface area (Å²) in [6.45, 7) is 5.61. The third-order valence-electron chi connectivity index (χ3n) is 4.08. The molecule has 0 radical (unpaired) electrons. The fraction of sp³-hybridized carbons (Fsp3) is 0.625. The van der Waals surface area contributed by atoms with E-state index >= 15 is 0 Å². The highest BCUT2D eigenvalue weighted by molar-refractivity contribution is 5.88. The summed E-state index contributed by atoms with van der Waals surface area (Å²) in [6, 6.07) is 4.36. The van der Waals surface area contributed by atoms with Crippen molar-refractivity contribution in [1.82, 2.24) is 15.1 Å². The summed E-state index contributed by atoms with van der Waals surface area (Å²) in [5, 5.41) is 3.29. The van der Waals surface area contributed by atoms with Crippen molar-refractivity contribution in [3.05, 3.63) is 24.2 Å². The van der Waals surface area contributed by atoms with Gasteiger partial charge in [0, 0.05) is 38.6 Å². The molecule has 120 valence electrons. The lowest BCUT2D eigenvalue weighted by Gasteiger charge is -2.36. The predicted molar refractivity (Wildman–Crippen MR) is 84.7 cm³/mol. The highest BCUT2D eigenvalue weighted by Gasteiger charge is 2.36. The van der Waals surface area contributed by atoms with Gasteiger partial charge in [0.05, 0.1) is 12.8 Å². The first kappa shape index (κ1) is 14.9. The van der Waals surface area contributed by atoms with Gasteiger partial charge in [-0.1, -0.05) is 0 Å². The number of piperazine rings is 1. The summed E-state index contributed by atoms with van der Waals surface area (Å²) in [7, 11) is 0. The minimum atomic E-state index is 0.227. The van der Waals surface area contributed by atoms with E-state index in [4.69, 9.17) is 4.42 Å². The van der Waals surface area contributed by atoms with Crippen LogP contribution < -0.4 is 5.32 Å². The van der Waals surface area contributed by atoms with Crippen LogP contribution in [0.1, 0.15) is 25.5 Å². The van der Waals surface area contributed by atoms with Crippen molar-refractivity contribution in [2.45, 2.75) is 32.2 Å². The smallest absolute Gasteiger partial charge is 0.242 e.